The molecule has 0 aliphatic rings. The lowest BCUT2D eigenvalue weighted by Gasteiger charge is -2.20. The molecule has 0 amide bonds. The van der Waals surface area contributed by atoms with Gasteiger partial charge in [0.2, 0.25) is 0 Å². The van der Waals surface area contributed by atoms with Crippen LogP contribution in [0.2, 0.25) is 5.15 Å². The molecule has 0 unspecified atom stereocenters. The third-order valence-electron chi connectivity index (χ3n) is 2.76. The Morgan fingerprint density at radius 1 is 1.39 bits per heavy atom. The zero-order valence-electron chi connectivity index (χ0n) is 10.8. The van der Waals surface area contributed by atoms with Crippen molar-refractivity contribution >= 4 is 28.8 Å². The van der Waals surface area contributed by atoms with Crippen LogP contribution in [0.25, 0.3) is 0 Å². The van der Waals surface area contributed by atoms with E-state index in [0.29, 0.717) is 5.15 Å². The highest BCUT2D eigenvalue weighted by Gasteiger charge is 2.13. The van der Waals surface area contributed by atoms with E-state index in [-0.39, 0.29) is 0 Å². The highest BCUT2D eigenvalue weighted by atomic mass is 35.5. The Morgan fingerprint density at radius 2 is 2.17 bits per heavy atom. The standard InChI is InChI=1S/C13H16ClN3S/c1-4-11-15-12(14)9(2)13(16-11)17(3)8-10-6-5-7-18-10/h5-7H,4,8H2,1-3H3. The summed E-state index contributed by atoms with van der Waals surface area (Å²) in [7, 11) is 2.03. The molecular weight excluding hydrogens is 266 g/mol. The van der Waals surface area contributed by atoms with Crippen molar-refractivity contribution in [1.29, 1.82) is 0 Å². The van der Waals surface area contributed by atoms with Crippen LogP contribution in [0.15, 0.2) is 17.5 Å². The maximum atomic E-state index is 6.15. The molecule has 0 bridgehead atoms. The maximum Gasteiger partial charge on any atom is 0.137 e. The minimum Gasteiger partial charge on any atom is -0.354 e. The first kappa shape index (κ1) is 13.3. The fraction of sp³-hybridized carbons (Fsp3) is 0.385. The van der Waals surface area contributed by atoms with Gasteiger partial charge in [0.05, 0.1) is 6.54 Å². The second-order valence-corrected chi connectivity index (χ2v) is 5.56. The first-order chi connectivity index (χ1) is 8.61. The second kappa shape index (κ2) is 5.67. The average Bonchev–Trinajstić information content (AvgIpc) is 2.85. The van der Waals surface area contributed by atoms with Crippen LogP contribution < -0.4 is 4.90 Å². The number of halogens is 1. The van der Waals surface area contributed by atoms with E-state index in [2.05, 4.69) is 32.4 Å². The van der Waals surface area contributed by atoms with Gasteiger partial charge in [-0.2, -0.15) is 0 Å². The van der Waals surface area contributed by atoms with Crippen molar-refractivity contribution in [3.05, 3.63) is 38.9 Å². The van der Waals surface area contributed by atoms with Gasteiger partial charge in [-0.05, 0) is 18.4 Å². The fourth-order valence-corrected chi connectivity index (χ4v) is 2.70. The minimum absolute atomic E-state index is 0.551. The Hall–Kier alpha value is -1.13. The Bertz CT molecular complexity index is 525. The molecule has 0 N–H and O–H groups in total. The molecule has 96 valence electrons. The van der Waals surface area contributed by atoms with Gasteiger partial charge in [0, 0.05) is 23.9 Å². The van der Waals surface area contributed by atoms with Gasteiger partial charge in [-0.3, -0.25) is 0 Å². The van der Waals surface area contributed by atoms with Gasteiger partial charge >= 0.3 is 0 Å². The molecule has 0 aromatic carbocycles. The molecule has 18 heavy (non-hydrogen) atoms. The van der Waals surface area contributed by atoms with Crippen molar-refractivity contribution in [2.75, 3.05) is 11.9 Å². The monoisotopic (exact) mass is 281 g/mol. The van der Waals surface area contributed by atoms with Crippen molar-refractivity contribution in [3.63, 3.8) is 0 Å². The molecule has 0 aliphatic carbocycles. The third kappa shape index (κ3) is 2.82. The summed E-state index contributed by atoms with van der Waals surface area (Å²) in [5.74, 6) is 1.71. The quantitative estimate of drug-likeness (QED) is 0.800. The van der Waals surface area contributed by atoms with Gasteiger partial charge in [-0.25, -0.2) is 9.97 Å². The smallest absolute Gasteiger partial charge is 0.137 e. The number of aryl methyl sites for hydroxylation is 1. The summed E-state index contributed by atoms with van der Waals surface area (Å²) >= 11 is 7.90. The van der Waals surface area contributed by atoms with E-state index in [9.17, 15) is 0 Å². The normalized spacial score (nSPS) is 10.7. The van der Waals surface area contributed by atoms with E-state index >= 15 is 0 Å². The Morgan fingerprint density at radius 3 is 2.78 bits per heavy atom. The lowest BCUT2D eigenvalue weighted by molar-refractivity contribution is 0.856. The Kier molecular flexibility index (Phi) is 4.19. The van der Waals surface area contributed by atoms with Gasteiger partial charge in [0.1, 0.15) is 16.8 Å². The van der Waals surface area contributed by atoms with Gasteiger partial charge < -0.3 is 4.90 Å². The van der Waals surface area contributed by atoms with Crippen LogP contribution >= 0.6 is 22.9 Å². The Balaban J connectivity index is 2.29. The van der Waals surface area contributed by atoms with Gasteiger partial charge in [0.15, 0.2) is 0 Å². The highest BCUT2D eigenvalue weighted by Crippen LogP contribution is 2.24. The zero-order chi connectivity index (χ0) is 13.1. The fourth-order valence-electron chi connectivity index (χ4n) is 1.76. The van der Waals surface area contributed by atoms with Crippen molar-refractivity contribution < 1.29 is 0 Å². The number of nitrogens with zero attached hydrogens (tertiary/aromatic N) is 3. The molecule has 0 spiro atoms. The number of anilines is 1. The highest BCUT2D eigenvalue weighted by molar-refractivity contribution is 7.09. The van der Waals surface area contributed by atoms with Crippen molar-refractivity contribution in [2.45, 2.75) is 26.8 Å². The van der Waals surface area contributed by atoms with E-state index in [1.54, 1.807) is 11.3 Å². The van der Waals surface area contributed by atoms with Crippen molar-refractivity contribution in [1.82, 2.24) is 9.97 Å². The van der Waals surface area contributed by atoms with Crippen LogP contribution in [-0.2, 0) is 13.0 Å². The first-order valence-corrected chi connectivity index (χ1v) is 7.14. The summed E-state index contributed by atoms with van der Waals surface area (Å²) in [6.45, 7) is 4.83. The summed E-state index contributed by atoms with van der Waals surface area (Å²) in [4.78, 5) is 12.3. The molecule has 3 nitrogen and oxygen atoms in total. The summed E-state index contributed by atoms with van der Waals surface area (Å²) in [5, 5.41) is 2.63. The molecule has 2 rings (SSSR count). The number of rotatable bonds is 4. The number of aromatic nitrogens is 2. The predicted molar refractivity (Wildman–Crippen MR) is 77.6 cm³/mol. The summed E-state index contributed by atoms with van der Waals surface area (Å²) in [5.41, 5.74) is 0.938. The lowest BCUT2D eigenvalue weighted by Crippen LogP contribution is -2.19. The van der Waals surface area contributed by atoms with Crippen LogP contribution in [0.4, 0.5) is 5.82 Å². The Labute approximate surface area is 116 Å². The molecule has 2 aromatic rings. The predicted octanol–water partition coefficient (Wildman–Crippen LogP) is 3.70. The first-order valence-electron chi connectivity index (χ1n) is 5.88. The van der Waals surface area contributed by atoms with Gasteiger partial charge in [-0.1, -0.05) is 24.6 Å². The molecule has 0 atom stereocenters. The third-order valence-corrected chi connectivity index (χ3v) is 3.99. The average molecular weight is 282 g/mol. The van der Waals surface area contributed by atoms with Gasteiger partial charge in [0.25, 0.3) is 0 Å². The molecule has 0 saturated heterocycles. The van der Waals surface area contributed by atoms with Crippen molar-refractivity contribution in [2.24, 2.45) is 0 Å². The zero-order valence-corrected chi connectivity index (χ0v) is 12.3. The number of hydrogen-bond acceptors (Lipinski definition) is 4. The molecule has 0 saturated carbocycles. The van der Waals surface area contributed by atoms with Crippen molar-refractivity contribution in [3.8, 4) is 0 Å². The number of thiophene rings is 1. The van der Waals surface area contributed by atoms with Crippen LogP contribution in [0, 0.1) is 6.92 Å². The van der Waals surface area contributed by atoms with E-state index in [4.69, 9.17) is 11.6 Å². The largest absolute Gasteiger partial charge is 0.354 e. The molecular formula is C13H16ClN3S. The number of hydrogen-bond donors (Lipinski definition) is 0. The van der Waals surface area contributed by atoms with E-state index < -0.39 is 0 Å². The molecule has 0 aliphatic heterocycles. The minimum atomic E-state index is 0.551. The van der Waals surface area contributed by atoms with Crippen LogP contribution in [0.3, 0.4) is 0 Å². The van der Waals surface area contributed by atoms with Gasteiger partial charge in [-0.15, -0.1) is 11.3 Å². The lowest BCUT2D eigenvalue weighted by atomic mass is 10.3. The van der Waals surface area contributed by atoms with E-state index in [1.165, 1.54) is 4.88 Å². The molecule has 0 radical (unpaired) electrons. The molecule has 2 aromatic heterocycles. The van der Waals surface area contributed by atoms with Crippen LogP contribution in [-0.4, -0.2) is 17.0 Å². The maximum absolute atomic E-state index is 6.15. The van der Waals surface area contributed by atoms with E-state index in [0.717, 1.165) is 30.2 Å². The molecule has 0 fully saturated rings. The summed E-state index contributed by atoms with van der Waals surface area (Å²) < 4.78 is 0. The summed E-state index contributed by atoms with van der Waals surface area (Å²) in [6, 6.07) is 4.19. The molecule has 5 heteroatoms. The van der Waals surface area contributed by atoms with Crippen LogP contribution in [0.1, 0.15) is 23.2 Å². The second-order valence-electron chi connectivity index (χ2n) is 4.17. The molecule has 2 heterocycles. The SMILES string of the molecule is CCc1nc(Cl)c(C)c(N(C)Cc2cccs2)n1. The van der Waals surface area contributed by atoms with E-state index in [1.807, 2.05) is 20.9 Å². The topological polar surface area (TPSA) is 29.0 Å². The van der Waals surface area contributed by atoms with Crippen LogP contribution in [0.5, 0.6) is 0 Å². The summed E-state index contributed by atoms with van der Waals surface area (Å²) in [6.07, 6.45) is 0.792.